The molecule has 1 aromatic rings. The summed E-state index contributed by atoms with van der Waals surface area (Å²) < 4.78 is 0. The van der Waals surface area contributed by atoms with Gasteiger partial charge in [-0.2, -0.15) is 0 Å². The van der Waals surface area contributed by atoms with Crippen molar-refractivity contribution in [2.24, 2.45) is 0 Å². The first kappa shape index (κ1) is 15.8. The maximum atomic E-state index is 12.4. The average Bonchev–Trinajstić information content (AvgIpc) is 2.53. The van der Waals surface area contributed by atoms with Gasteiger partial charge >= 0.3 is 0 Å². The summed E-state index contributed by atoms with van der Waals surface area (Å²) >= 11 is 5.87. The van der Waals surface area contributed by atoms with Crippen molar-refractivity contribution in [2.75, 3.05) is 31.5 Å². The molecule has 1 aliphatic heterocycles. The molecule has 1 aromatic carbocycles. The Balaban J connectivity index is 1.62. The van der Waals surface area contributed by atoms with Gasteiger partial charge in [-0.05, 0) is 37.1 Å². The Labute approximate surface area is 137 Å². The zero-order valence-electron chi connectivity index (χ0n) is 12.9. The molecule has 1 aliphatic carbocycles. The number of amides is 1. The number of hydrogen-bond donors (Lipinski definition) is 2. The van der Waals surface area contributed by atoms with E-state index in [2.05, 4.69) is 15.5 Å². The number of anilines is 1. The van der Waals surface area contributed by atoms with Crippen LogP contribution < -0.4 is 10.6 Å². The van der Waals surface area contributed by atoms with Crippen LogP contribution in [0.25, 0.3) is 0 Å². The van der Waals surface area contributed by atoms with Gasteiger partial charge in [-0.25, -0.2) is 0 Å². The minimum atomic E-state index is 0.0640. The van der Waals surface area contributed by atoms with Gasteiger partial charge in [0.25, 0.3) is 0 Å². The summed E-state index contributed by atoms with van der Waals surface area (Å²) in [4.78, 5) is 14.8. The maximum absolute atomic E-state index is 12.4. The number of nitrogens with one attached hydrogen (secondary N) is 2. The normalized spacial score (nSPS) is 21.7. The first-order valence-corrected chi connectivity index (χ1v) is 8.57. The van der Waals surface area contributed by atoms with E-state index in [1.807, 2.05) is 12.1 Å². The molecule has 22 heavy (non-hydrogen) atoms. The molecule has 3 rings (SSSR count). The molecular weight excluding hydrogens is 298 g/mol. The molecule has 1 saturated carbocycles. The highest BCUT2D eigenvalue weighted by Crippen LogP contribution is 2.34. The summed E-state index contributed by atoms with van der Waals surface area (Å²) in [5.74, 6) is 0.0640. The fourth-order valence-electron chi connectivity index (χ4n) is 3.74. The third kappa shape index (κ3) is 3.62. The lowest BCUT2D eigenvalue weighted by atomic mass is 9.79. The van der Waals surface area contributed by atoms with Crippen molar-refractivity contribution in [3.05, 3.63) is 29.3 Å². The second-order valence-corrected chi connectivity index (χ2v) is 6.87. The van der Waals surface area contributed by atoms with E-state index in [-0.39, 0.29) is 11.4 Å². The van der Waals surface area contributed by atoms with Gasteiger partial charge in [0, 0.05) is 35.9 Å². The zero-order chi connectivity index (χ0) is 15.4. The summed E-state index contributed by atoms with van der Waals surface area (Å²) in [6.07, 6.45) is 6.28. The second kappa shape index (κ2) is 6.99. The van der Waals surface area contributed by atoms with Crippen molar-refractivity contribution in [2.45, 2.75) is 37.6 Å². The third-order valence-electron chi connectivity index (χ3n) is 4.93. The molecule has 1 heterocycles. The molecular formula is C17H24ClN3O. The standard InChI is InChI=1S/C17H24ClN3O/c18-14-4-6-15(7-5-14)20-16(22)12-21-11-10-19-13-17(21)8-2-1-3-9-17/h4-7,19H,1-3,8-13H2,(H,20,22). The summed E-state index contributed by atoms with van der Waals surface area (Å²) in [7, 11) is 0. The fourth-order valence-corrected chi connectivity index (χ4v) is 3.87. The average molecular weight is 322 g/mol. The molecule has 0 atom stereocenters. The largest absolute Gasteiger partial charge is 0.325 e. The number of carbonyl (C=O) groups is 1. The number of halogens is 1. The van der Waals surface area contributed by atoms with Crippen molar-refractivity contribution >= 4 is 23.2 Å². The molecule has 1 spiro atoms. The highest BCUT2D eigenvalue weighted by Gasteiger charge is 2.40. The van der Waals surface area contributed by atoms with E-state index in [1.165, 1.54) is 32.1 Å². The molecule has 2 aliphatic rings. The van der Waals surface area contributed by atoms with E-state index in [1.54, 1.807) is 12.1 Å². The van der Waals surface area contributed by atoms with Crippen LogP contribution in [0.3, 0.4) is 0 Å². The Bertz CT molecular complexity index is 503. The van der Waals surface area contributed by atoms with Crippen molar-refractivity contribution in [1.82, 2.24) is 10.2 Å². The molecule has 1 saturated heterocycles. The molecule has 5 heteroatoms. The van der Waals surface area contributed by atoms with Gasteiger partial charge < -0.3 is 10.6 Å². The van der Waals surface area contributed by atoms with Crippen LogP contribution in [0.2, 0.25) is 5.02 Å². The number of carbonyl (C=O) groups excluding carboxylic acids is 1. The third-order valence-corrected chi connectivity index (χ3v) is 5.18. The van der Waals surface area contributed by atoms with Crippen LogP contribution in [0.1, 0.15) is 32.1 Å². The van der Waals surface area contributed by atoms with Gasteiger partial charge in [0.2, 0.25) is 5.91 Å². The summed E-state index contributed by atoms with van der Waals surface area (Å²) in [6, 6.07) is 7.28. The Morgan fingerprint density at radius 1 is 1.23 bits per heavy atom. The molecule has 0 unspecified atom stereocenters. The number of hydrogen-bond acceptors (Lipinski definition) is 3. The quantitative estimate of drug-likeness (QED) is 0.899. The second-order valence-electron chi connectivity index (χ2n) is 6.44. The molecule has 120 valence electrons. The zero-order valence-corrected chi connectivity index (χ0v) is 13.7. The predicted octanol–water partition coefficient (Wildman–Crippen LogP) is 2.89. The first-order valence-electron chi connectivity index (χ1n) is 8.19. The SMILES string of the molecule is O=C(CN1CCNCC12CCCCC2)Nc1ccc(Cl)cc1. The minimum absolute atomic E-state index is 0.0640. The van der Waals surface area contributed by atoms with Gasteiger partial charge in [0.05, 0.1) is 6.54 Å². The van der Waals surface area contributed by atoms with Crippen molar-refractivity contribution < 1.29 is 4.79 Å². The highest BCUT2D eigenvalue weighted by molar-refractivity contribution is 6.30. The Morgan fingerprint density at radius 3 is 2.68 bits per heavy atom. The smallest absolute Gasteiger partial charge is 0.238 e. The predicted molar refractivity (Wildman–Crippen MR) is 90.3 cm³/mol. The van der Waals surface area contributed by atoms with E-state index in [9.17, 15) is 4.79 Å². The lowest BCUT2D eigenvalue weighted by molar-refractivity contribution is -0.120. The van der Waals surface area contributed by atoms with Gasteiger partial charge in [-0.15, -0.1) is 0 Å². The molecule has 2 fully saturated rings. The Morgan fingerprint density at radius 2 is 1.95 bits per heavy atom. The van der Waals surface area contributed by atoms with Crippen molar-refractivity contribution in [3.8, 4) is 0 Å². The van der Waals surface area contributed by atoms with Crippen LogP contribution in [0.4, 0.5) is 5.69 Å². The molecule has 0 radical (unpaired) electrons. The molecule has 0 bridgehead atoms. The summed E-state index contributed by atoms with van der Waals surface area (Å²) in [5.41, 5.74) is 0.996. The lowest BCUT2D eigenvalue weighted by Crippen LogP contribution is -2.63. The maximum Gasteiger partial charge on any atom is 0.238 e. The van der Waals surface area contributed by atoms with Gasteiger partial charge in [0.15, 0.2) is 0 Å². The summed E-state index contributed by atoms with van der Waals surface area (Å²) in [6.45, 7) is 3.41. The van der Waals surface area contributed by atoms with Gasteiger partial charge in [-0.1, -0.05) is 30.9 Å². The minimum Gasteiger partial charge on any atom is -0.325 e. The van der Waals surface area contributed by atoms with Gasteiger partial charge in [0.1, 0.15) is 0 Å². The van der Waals surface area contributed by atoms with E-state index in [0.29, 0.717) is 11.6 Å². The van der Waals surface area contributed by atoms with Crippen LogP contribution in [-0.2, 0) is 4.79 Å². The number of rotatable bonds is 3. The highest BCUT2D eigenvalue weighted by atomic mass is 35.5. The van der Waals surface area contributed by atoms with Crippen LogP contribution in [0.15, 0.2) is 24.3 Å². The molecule has 0 aromatic heterocycles. The molecule has 1 amide bonds. The van der Waals surface area contributed by atoms with Crippen LogP contribution in [0.5, 0.6) is 0 Å². The van der Waals surface area contributed by atoms with Crippen LogP contribution in [0, 0.1) is 0 Å². The number of nitrogens with zero attached hydrogens (tertiary/aromatic N) is 1. The number of piperazine rings is 1. The van der Waals surface area contributed by atoms with Crippen LogP contribution >= 0.6 is 11.6 Å². The lowest BCUT2D eigenvalue weighted by Gasteiger charge is -2.49. The van der Waals surface area contributed by atoms with Crippen LogP contribution in [-0.4, -0.2) is 42.5 Å². The number of benzene rings is 1. The molecule has 4 nitrogen and oxygen atoms in total. The summed E-state index contributed by atoms with van der Waals surface area (Å²) in [5, 5.41) is 7.18. The van der Waals surface area contributed by atoms with E-state index >= 15 is 0 Å². The Kier molecular flexibility index (Phi) is 5.01. The Hall–Kier alpha value is -1.10. The first-order chi connectivity index (χ1) is 10.7. The fraction of sp³-hybridized carbons (Fsp3) is 0.588. The van der Waals surface area contributed by atoms with E-state index in [4.69, 9.17) is 11.6 Å². The monoisotopic (exact) mass is 321 g/mol. The topological polar surface area (TPSA) is 44.4 Å². The van der Waals surface area contributed by atoms with Crippen molar-refractivity contribution in [1.29, 1.82) is 0 Å². The molecule has 2 N–H and O–H groups in total. The van der Waals surface area contributed by atoms with E-state index in [0.717, 1.165) is 25.3 Å². The van der Waals surface area contributed by atoms with E-state index < -0.39 is 0 Å². The van der Waals surface area contributed by atoms with Crippen molar-refractivity contribution in [3.63, 3.8) is 0 Å². The van der Waals surface area contributed by atoms with Gasteiger partial charge in [-0.3, -0.25) is 9.69 Å².